The Kier molecular flexibility index (Phi) is 7.34. The van der Waals surface area contributed by atoms with Crippen LogP contribution in [-0.4, -0.2) is 48.2 Å². The number of likely N-dealkylation sites (N-methyl/N-ethyl adjacent to an activating group) is 1. The smallest absolute Gasteiger partial charge is 0.323 e. The van der Waals surface area contributed by atoms with Gasteiger partial charge < -0.3 is 15.3 Å². The summed E-state index contributed by atoms with van der Waals surface area (Å²) >= 11 is 0. The first kappa shape index (κ1) is 15.4. The molecule has 4 heteroatoms. The summed E-state index contributed by atoms with van der Waals surface area (Å²) in [6.07, 6.45) is 2.23. The Morgan fingerprint density at radius 3 is 2.19 bits per heavy atom. The van der Waals surface area contributed by atoms with Gasteiger partial charge in [0.05, 0.1) is 0 Å². The lowest BCUT2D eigenvalue weighted by Gasteiger charge is -2.28. The third-order valence-electron chi connectivity index (χ3n) is 3.46. The minimum atomic E-state index is -0.743. The van der Waals surface area contributed by atoms with Crippen LogP contribution in [0.25, 0.3) is 0 Å². The summed E-state index contributed by atoms with van der Waals surface area (Å²) in [5, 5.41) is 12.2. The molecule has 0 spiro atoms. The molecule has 96 valence electrons. The molecule has 0 heterocycles. The molecular weight excluding hydrogens is 204 g/mol. The normalized spacial score (nSPS) is 15.1. The molecule has 16 heavy (non-hydrogen) atoms. The Bertz CT molecular complexity index is 199. The second-order valence-electron chi connectivity index (χ2n) is 4.12. The van der Waals surface area contributed by atoms with E-state index in [-0.39, 0.29) is 0 Å². The van der Waals surface area contributed by atoms with E-state index in [1.165, 1.54) is 0 Å². The highest BCUT2D eigenvalue weighted by molar-refractivity contribution is 5.78. The van der Waals surface area contributed by atoms with E-state index >= 15 is 0 Å². The van der Waals surface area contributed by atoms with E-state index in [1.807, 2.05) is 6.92 Å². The lowest BCUT2D eigenvalue weighted by molar-refractivity contribution is -0.145. The third kappa shape index (κ3) is 4.10. The summed E-state index contributed by atoms with van der Waals surface area (Å²) in [5.74, 6) is -0.739. The molecule has 0 radical (unpaired) electrons. The van der Waals surface area contributed by atoms with Gasteiger partial charge in [-0.25, -0.2) is 0 Å². The molecule has 0 aromatic heterocycles. The quantitative estimate of drug-likeness (QED) is 0.631. The maximum absolute atomic E-state index is 11.2. The molecule has 0 aliphatic rings. The van der Waals surface area contributed by atoms with E-state index < -0.39 is 11.5 Å². The van der Waals surface area contributed by atoms with Crippen molar-refractivity contribution in [2.24, 2.45) is 0 Å². The van der Waals surface area contributed by atoms with Crippen molar-refractivity contribution in [1.29, 1.82) is 0 Å². The molecule has 0 rings (SSSR count). The van der Waals surface area contributed by atoms with Crippen molar-refractivity contribution in [2.75, 3.05) is 26.7 Å². The zero-order chi connectivity index (χ0) is 12.6. The number of hydrogen-bond acceptors (Lipinski definition) is 3. The van der Waals surface area contributed by atoms with Gasteiger partial charge in [0.1, 0.15) is 5.54 Å². The van der Waals surface area contributed by atoms with E-state index in [0.717, 1.165) is 26.1 Å². The van der Waals surface area contributed by atoms with Crippen LogP contribution in [0.5, 0.6) is 0 Å². The zero-order valence-electron chi connectivity index (χ0n) is 11.0. The molecular formula is C12H26N2O2. The van der Waals surface area contributed by atoms with Crippen LogP contribution in [0.2, 0.25) is 0 Å². The maximum atomic E-state index is 11.2. The monoisotopic (exact) mass is 230 g/mol. The van der Waals surface area contributed by atoms with Crippen molar-refractivity contribution in [2.45, 2.75) is 45.6 Å². The van der Waals surface area contributed by atoms with Crippen LogP contribution in [0.3, 0.4) is 0 Å². The van der Waals surface area contributed by atoms with Crippen molar-refractivity contribution in [3.8, 4) is 0 Å². The Hall–Kier alpha value is -0.610. The van der Waals surface area contributed by atoms with E-state index in [9.17, 15) is 9.90 Å². The van der Waals surface area contributed by atoms with Gasteiger partial charge in [0.25, 0.3) is 0 Å². The summed E-state index contributed by atoms with van der Waals surface area (Å²) in [6, 6.07) is 0. The van der Waals surface area contributed by atoms with Gasteiger partial charge in [0, 0.05) is 0 Å². The Morgan fingerprint density at radius 2 is 1.88 bits per heavy atom. The van der Waals surface area contributed by atoms with Gasteiger partial charge in [-0.1, -0.05) is 20.8 Å². The molecule has 0 aromatic rings. The van der Waals surface area contributed by atoms with Crippen LogP contribution < -0.4 is 5.32 Å². The van der Waals surface area contributed by atoms with Gasteiger partial charge in [0.15, 0.2) is 0 Å². The predicted molar refractivity (Wildman–Crippen MR) is 66.7 cm³/mol. The van der Waals surface area contributed by atoms with Crippen LogP contribution in [0, 0.1) is 0 Å². The fourth-order valence-electron chi connectivity index (χ4n) is 1.99. The van der Waals surface area contributed by atoms with Crippen molar-refractivity contribution in [1.82, 2.24) is 10.2 Å². The Balaban J connectivity index is 4.17. The Morgan fingerprint density at radius 1 is 1.31 bits per heavy atom. The van der Waals surface area contributed by atoms with Crippen LogP contribution in [-0.2, 0) is 4.79 Å². The fraction of sp³-hybridized carbons (Fsp3) is 0.917. The first-order valence-corrected chi connectivity index (χ1v) is 6.20. The van der Waals surface area contributed by atoms with Gasteiger partial charge in [-0.05, 0) is 45.9 Å². The van der Waals surface area contributed by atoms with Gasteiger partial charge in [-0.15, -0.1) is 0 Å². The van der Waals surface area contributed by atoms with E-state index in [0.29, 0.717) is 12.8 Å². The molecule has 1 atom stereocenters. The maximum Gasteiger partial charge on any atom is 0.323 e. The van der Waals surface area contributed by atoms with Crippen molar-refractivity contribution < 1.29 is 9.90 Å². The highest BCUT2D eigenvalue weighted by Crippen LogP contribution is 2.17. The number of hydrogen-bond donors (Lipinski definition) is 2. The average molecular weight is 230 g/mol. The van der Waals surface area contributed by atoms with Gasteiger partial charge >= 0.3 is 5.97 Å². The first-order chi connectivity index (χ1) is 7.56. The number of carboxylic acid groups (broad SMARTS) is 1. The zero-order valence-corrected chi connectivity index (χ0v) is 11.0. The first-order valence-electron chi connectivity index (χ1n) is 6.20. The van der Waals surface area contributed by atoms with Crippen LogP contribution >= 0.6 is 0 Å². The van der Waals surface area contributed by atoms with Gasteiger partial charge in [-0.3, -0.25) is 4.79 Å². The molecule has 4 nitrogen and oxygen atoms in total. The van der Waals surface area contributed by atoms with Crippen molar-refractivity contribution >= 4 is 5.97 Å². The van der Waals surface area contributed by atoms with E-state index in [1.54, 1.807) is 7.05 Å². The molecule has 0 saturated carbocycles. The molecule has 0 aromatic carbocycles. The van der Waals surface area contributed by atoms with Crippen LogP contribution in [0.1, 0.15) is 40.0 Å². The minimum absolute atomic E-state index is 0.622. The molecule has 0 aliphatic carbocycles. The second kappa shape index (κ2) is 7.63. The molecule has 0 fully saturated rings. The number of aliphatic carboxylic acids is 1. The number of carboxylic acids is 1. The Labute approximate surface area is 99.0 Å². The largest absolute Gasteiger partial charge is 0.480 e. The second-order valence-corrected chi connectivity index (χ2v) is 4.12. The highest BCUT2D eigenvalue weighted by atomic mass is 16.4. The van der Waals surface area contributed by atoms with Crippen molar-refractivity contribution in [3.63, 3.8) is 0 Å². The van der Waals surface area contributed by atoms with Crippen LogP contribution in [0.4, 0.5) is 0 Å². The number of nitrogens with one attached hydrogen (secondary N) is 1. The van der Waals surface area contributed by atoms with E-state index in [4.69, 9.17) is 0 Å². The standard InChI is InChI=1S/C12H26N2O2/c1-5-12(13-4,11(15)16)9-8-10-14(6-2)7-3/h13H,5-10H2,1-4H3,(H,15,16). The summed E-state index contributed by atoms with van der Waals surface area (Å²) in [6.45, 7) is 9.22. The summed E-state index contributed by atoms with van der Waals surface area (Å²) < 4.78 is 0. The minimum Gasteiger partial charge on any atom is -0.480 e. The number of nitrogens with zero attached hydrogens (tertiary/aromatic N) is 1. The molecule has 0 bridgehead atoms. The third-order valence-corrected chi connectivity index (χ3v) is 3.46. The average Bonchev–Trinajstić information content (AvgIpc) is 2.30. The highest BCUT2D eigenvalue weighted by Gasteiger charge is 2.34. The van der Waals surface area contributed by atoms with Gasteiger partial charge in [-0.2, -0.15) is 0 Å². The predicted octanol–water partition coefficient (Wildman–Crippen LogP) is 1.56. The van der Waals surface area contributed by atoms with Crippen molar-refractivity contribution in [3.05, 3.63) is 0 Å². The SMILES string of the molecule is CCN(CC)CCCC(CC)(NC)C(=O)O. The summed E-state index contributed by atoms with van der Waals surface area (Å²) in [4.78, 5) is 13.5. The lowest BCUT2D eigenvalue weighted by atomic mass is 9.90. The molecule has 0 aliphatic heterocycles. The lowest BCUT2D eigenvalue weighted by Crippen LogP contribution is -2.50. The van der Waals surface area contributed by atoms with Gasteiger partial charge in [0.2, 0.25) is 0 Å². The van der Waals surface area contributed by atoms with Crippen LogP contribution in [0.15, 0.2) is 0 Å². The molecule has 0 saturated heterocycles. The molecule has 1 unspecified atom stereocenters. The summed E-state index contributed by atoms with van der Waals surface area (Å²) in [7, 11) is 1.73. The number of carbonyl (C=O) groups is 1. The summed E-state index contributed by atoms with van der Waals surface area (Å²) in [5.41, 5.74) is -0.743. The molecule has 0 amide bonds. The fourth-order valence-corrected chi connectivity index (χ4v) is 1.99. The molecule has 2 N–H and O–H groups in total. The topological polar surface area (TPSA) is 52.6 Å². The van der Waals surface area contributed by atoms with E-state index in [2.05, 4.69) is 24.1 Å². The number of rotatable bonds is 9.